The first-order valence-corrected chi connectivity index (χ1v) is 6.42. The number of ether oxygens (including phenoxy) is 1. The summed E-state index contributed by atoms with van der Waals surface area (Å²) in [6.45, 7) is 4.61. The number of nitrogens with one attached hydrogen (secondary N) is 1. The fourth-order valence-corrected chi connectivity index (χ4v) is 1.69. The van der Waals surface area contributed by atoms with Crippen LogP contribution in [0.15, 0.2) is 18.2 Å². The van der Waals surface area contributed by atoms with E-state index >= 15 is 0 Å². The number of aliphatic carboxylic acids is 1. The van der Waals surface area contributed by atoms with Crippen LogP contribution in [0.2, 0.25) is 0 Å². The summed E-state index contributed by atoms with van der Waals surface area (Å²) >= 11 is 0. The first kappa shape index (κ1) is 16.0. The van der Waals surface area contributed by atoms with E-state index in [1.807, 2.05) is 6.07 Å². The summed E-state index contributed by atoms with van der Waals surface area (Å²) in [7, 11) is 1.53. The fraction of sp³-hybridized carbons (Fsp3) is 0.467. The molecule has 0 atom stereocenters. The highest BCUT2D eigenvalue weighted by molar-refractivity contribution is 5.73. The van der Waals surface area contributed by atoms with Gasteiger partial charge in [-0.05, 0) is 44.5 Å². The highest BCUT2D eigenvalue weighted by Crippen LogP contribution is 2.20. The van der Waals surface area contributed by atoms with Crippen molar-refractivity contribution in [2.45, 2.75) is 26.8 Å². The minimum Gasteiger partial charge on any atom is -0.495 e. The van der Waals surface area contributed by atoms with E-state index in [2.05, 4.69) is 11.4 Å². The first-order chi connectivity index (χ1) is 9.40. The number of methoxy groups -OCH3 is 1. The Balaban J connectivity index is 2.51. The summed E-state index contributed by atoms with van der Waals surface area (Å²) in [5.74, 6) is -0.237. The maximum Gasteiger partial charge on any atom is 0.309 e. The number of carboxylic acid groups (broad SMARTS) is 1. The number of rotatable bonds is 7. The van der Waals surface area contributed by atoms with Crippen molar-refractivity contribution in [3.8, 4) is 11.8 Å². The lowest BCUT2D eigenvalue weighted by Crippen LogP contribution is -2.28. The van der Waals surface area contributed by atoms with Crippen molar-refractivity contribution in [2.24, 2.45) is 5.41 Å². The van der Waals surface area contributed by atoms with E-state index in [9.17, 15) is 4.79 Å². The van der Waals surface area contributed by atoms with Gasteiger partial charge < -0.3 is 15.2 Å². The molecule has 5 nitrogen and oxygen atoms in total. The molecule has 1 aromatic rings. The lowest BCUT2D eigenvalue weighted by atomic mass is 9.90. The van der Waals surface area contributed by atoms with Crippen LogP contribution < -0.4 is 10.1 Å². The molecule has 0 saturated heterocycles. The lowest BCUT2D eigenvalue weighted by Gasteiger charge is -2.19. The summed E-state index contributed by atoms with van der Waals surface area (Å²) in [6, 6.07) is 7.50. The standard InChI is InChI=1S/C15H20N2O3/c1-15(2,14(18)19)6-7-17-10-11-4-5-13(20-3)12(8-11)9-16/h4-5,8,17H,6-7,10H2,1-3H3,(H,18,19). The number of carboxylic acids is 1. The molecule has 0 saturated carbocycles. The minimum absolute atomic E-state index is 0.498. The minimum atomic E-state index is -0.796. The van der Waals surface area contributed by atoms with Gasteiger partial charge in [0.2, 0.25) is 0 Å². The van der Waals surface area contributed by atoms with Gasteiger partial charge in [0.15, 0.2) is 0 Å². The van der Waals surface area contributed by atoms with Crippen molar-refractivity contribution in [3.05, 3.63) is 29.3 Å². The number of hydrogen-bond donors (Lipinski definition) is 2. The maximum atomic E-state index is 11.0. The Morgan fingerprint density at radius 2 is 2.20 bits per heavy atom. The molecule has 0 radical (unpaired) electrons. The summed E-state index contributed by atoms with van der Waals surface area (Å²) in [5, 5.41) is 21.2. The third kappa shape index (κ3) is 4.25. The third-order valence-electron chi connectivity index (χ3n) is 3.22. The Morgan fingerprint density at radius 3 is 2.75 bits per heavy atom. The van der Waals surface area contributed by atoms with Crippen molar-refractivity contribution in [1.29, 1.82) is 5.26 Å². The highest BCUT2D eigenvalue weighted by atomic mass is 16.5. The highest BCUT2D eigenvalue weighted by Gasteiger charge is 2.25. The van der Waals surface area contributed by atoms with E-state index in [1.54, 1.807) is 26.0 Å². The van der Waals surface area contributed by atoms with Crippen LogP contribution in [-0.2, 0) is 11.3 Å². The summed E-state index contributed by atoms with van der Waals surface area (Å²) < 4.78 is 5.08. The van der Waals surface area contributed by atoms with Gasteiger partial charge in [0.05, 0.1) is 18.1 Å². The van der Waals surface area contributed by atoms with Crippen molar-refractivity contribution < 1.29 is 14.6 Å². The Bertz CT molecular complexity index is 518. The molecule has 20 heavy (non-hydrogen) atoms. The predicted octanol–water partition coefficient (Wildman–Crippen LogP) is 2.16. The fourth-order valence-electron chi connectivity index (χ4n) is 1.69. The number of carbonyl (C=O) groups is 1. The molecule has 0 spiro atoms. The smallest absolute Gasteiger partial charge is 0.309 e. The average Bonchev–Trinajstić information content (AvgIpc) is 2.43. The molecule has 0 amide bonds. The van der Waals surface area contributed by atoms with Gasteiger partial charge >= 0.3 is 5.97 Å². The Hall–Kier alpha value is -2.06. The Morgan fingerprint density at radius 1 is 1.50 bits per heavy atom. The largest absolute Gasteiger partial charge is 0.495 e. The normalized spacial score (nSPS) is 10.9. The second-order valence-corrected chi connectivity index (χ2v) is 5.26. The van der Waals surface area contributed by atoms with Crippen molar-refractivity contribution in [1.82, 2.24) is 5.32 Å². The summed E-state index contributed by atoms with van der Waals surface area (Å²) in [5.41, 5.74) is 0.734. The Labute approximate surface area is 119 Å². The monoisotopic (exact) mass is 276 g/mol. The first-order valence-electron chi connectivity index (χ1n) is 6.42. The van der Waals surface area contributed by atoms with E-state index in [4.69, 9.17) is 15.1 Å². The topological polar surface area (TPSA) is 82.3 Å². The van der Waals surface area contributed by atoms with E-state index in [1.165, 1.54) is 7.11 Å². The van der Waals surface area contributed by atoms with Gasteiger partial charge in [0.25, 0.3) is 0 Å². The number of nitrogens with zero attached hydrogens (tertiary/aromatic N) is 1. The summed E-state index contributed by atoms with van der Waals surface area (Å²) in [4.78, 5) is 11.0. The molecule has 0 heterocycles. The number of benzene rings is 1. The molecule has 0 bridgehead atoms. The molecule has 0 unspecified atom stereocenters. The van der Waals surface area contributed by atoms with Crippen molar-refractivity contribution in [2.75, 3.05) is 13.7 Å². The van der Waals surface area contributed by atoms with Gasteiger partial charge in [-0.3, -0.25) is 4.79 Å². The van der Waals surface area contributed by atoms with Gasteiger partial charge in [0, 0.05) is 6.54 Å². The van der Waals surface area contributed by atoms with Gasteiger partial charge in [-0.2, -0.15) is 5.26 Å². The van der Waals surface area contributed by atoms with Crippen LogP contribution in [0.25, 0.3) is 0 Å². The van der Waals surface area contributed by atoms with Crippen LogP contribution in [0.3, 0.4) is 0 Å². The third-order valence-corrected chi connectivity index (χ3v) is 3.22. The summed E-state index contributed by atoms with van der Waals surface area (Å²) in [6.07, 6.45) is 0.545. The second-order valence-electron chi connectivity index (χ2n) is 5.26. The second kappa shape index (κ2) is 6.92. The van der Waals surface area contributed by atoms with E-state index in [0.717, 1.165) is 5.56 Å². The molecule has 108 valence electrons. The van der Waals surface area contributed by atoms with Crippen LogP contribution in [0.4, 0.5) is 0 Å². The maximum absolute atomic E-state index is 11.0. The molecule has 2 N–H and O–H groups in total. The van der Waals surface area contributed by atoms with Crippen molar-refractivity contribution >= 4 is 5.97 Å². The van der Waals surface area contributed by atoms with Crippen LogP contribution in [0, 0.1) is 16.7 Å². The quantitative estimate of drug-likeness (QED) is 0.746. The zero-order valence-electron chi connectivity index (χ0n) is 12.1. The van der Waals surface area contributed by atoms with Crippen LogP contribution in [0.1, 0.15) is 31.4 Å². The Kier molecular flexibility index (Phi) is 5.53. The molecule has 0 fully saturated rings. The molecule has 5 heteroatoms. The van der Waals surface area contributed by atoms with Crippen LogP contribution in [0.5, 0.6) is 5.75 Å². The lowest BCUT2D eigenvalue weighted by molar-refractivity contribution is -0.147. The number of hydrogen-bond acceptors (Lipinski definition) is 4. The molecular weight excluding hydrogens is 256 g/mol. The van der Waals surface area contributed by atoms with E-state index in [0.29, 0.717) is 30.8 Å². The molecule has 1 rings (SSSR count). The van der Waals surface area contributed by atoms with E-state index < -0.39 is 11.4 Å². The van der Waals surface area contributed by atoms with Crippen molar-refractivity contribution in [3.63, 3.8) is 0 Å². The van der Waals surface area contributed by atoms with Gasteiger partial charge in [-0.1, -0.05) is 6.07 Å². The molecule has 0 aliphatic rings. The average molecular weight is 276 g/mol. The van der Waals surface area contributed by atoms with Gasteiger partial charge in [-0.15, -0.1) is 0 Å². The zero-order valence-corrected chi connectivity index (χ0v) is 12.1. The molecule has 0 aliphatic heterocycles. The van der Waals surface area contributed by atoms with E-state index in [-0.39, 0.29) is 0 Å². The zero-order chi connectivity index (χ0) is 15.2. The molecular formula is C15H20N2O3. The van der Waals surface area contributed by atoms with Gasteiger partial charge in [0.1, 0.15) is 11.8 Å². The SMILES string of the molecule is COc1ccc(CNCCC(C)(C)C(=O)O)cc1C#N. The van der Waals surface area contributed by atoms with Crippen LogP contribution >= 0.6 is 0 Å². The van der Waals surface area contributed by atoms with Crippen LogP contribution in [-0.4, -0.2) is 24.7 Å². The predicted molar refractivity (Wildman–Crippen MR) is 75.4 cm³/mol. The van der Waals surface area contributed by atoms with Gasteiger partial charge in [-0.25, -0.2) is 0 Å². The molecule has 0 aromatic heterocycles. The number of nitriles is 1. The molecule has 1 aromatic carbocycles. The molecule has 0 aliphatic carbocycles.